The Balaban J connectivity index is 2.24. The standard InChI is InChI=1S/C15H12Br2F3N/c1-9(10-2-5-12(16)6-3-10)21-14-8-11(15(18,19)20)4-7-13(14)17/h2-9,21H,1H3. The molecule has 112 valence electrons. The molecular weight excluding hydrogens is 411 g/mol. The highest BCUT2D eigenvalue weighted by Crippen LogP contribution is 2.35. The Labute approximate surface area is 137 Å². The topological polar surface area (TPSA) is 12.0 Å². The van der Waals surface area contributed by atoms with Crippen LogP contribution in [0.25, 0.3) is 0 Å². The van der Waals surface area contributed by atoms with E-state index in [9.17, 15) is 13.2 Å². The highest BCUT2D eigenvalue weighted by molar-refractivity contribution is 9.10. The average molecular weight is 423 g/mol. The van der Waals surface area contributed by atoms with Crippen molar-refractivity contribution in [3.8, 4) is 0 Å². The molecule has 0 saturated carbocycles. The first-order valence-corrected chi connectivity index (χ1v) is 7.75. The minimum Gasteiger partial charge on any atom is -0.378 e. The van der Waals surface area contributed by atoms with E-state index in [2.05, 4.69) is 37.2 Å². The molecule has 0 spiro atoms. The van der Waals surface area contributed by atoms with Gasteiger partial charge in [-0.15, -0.1) is 0 Å². The summed E-state index contributed by atoms with van der Waals surface area (Å²) in [6.45, 7) is 1.90. The Bertz CT molecular complexity index is 624. The molecule has 21 heavy (non-hydrogen) atoms. The Hall–Kier alpha value is -1.01. The van der Waals surface area contributed by atoms with Crippen LogP contribution in [-0.2, 0) is 6.18 Å². The monoisotopic (exact) mass is 421 g/mol. The van der Waals surface area contributed by atoms with Gasteiger partial charge in [0.2, 0.25) is 0 Å². The van der Waals surface area contributed by atoms with Crippen LogP contribution < -0.4 is 5.32 Å². The van der Waals surface area contributed by atoms with Crippen molar-refractivity contribution in [1.82, 2.24) is 0 Å². The predicted octanol–water partition coefficient (Wildman–Crippen LogP) is 6.40. The maximum atomic E-state index is 12.8. The molecule has 2 aromatic rings. The molecule has 1 nitrogen and oxygen atoms in total. The molecule has 0 fully saturated rings. The zero-order valence-corrected chi connectivity index (χ0v) is 14.2. The second-order valence-corrected chi connectivity index (χ2v) is 6.38. The highest BCUT2D eigenvalue weighted by atomic mass is 79.9. The lowest BCUT2D eigenvalue weighted by Crippen LogP contribution is -2.10. The Morgan fingerprint density at radius 2 is 1.62 bits per heavy atom. The Morgan fingerprint density at radius 1 is 1.00 bits per heavy atom. The van der Waals surface area contributed by atoms with E-state index in [-0.39, 0.29) is 6.04 Å². The summed E-state index contributed by atoms with van der Waals surface area (Å²) in [7, 11) is 0. The fraction of sp³-hybridized carbons (Fsp3) is 0.200. The smallest absolute Gasteiger partial charge is 0.378 e. The summed E-state index contributed by atoms with van der Waals surface area (Å²) in [6.07, 6.45) is -4.35. The normalized spacial score (nSPS) is 13.0. The maximum Gasteiger partial charge on any atom is 0.416 e. The SMILES string of the molecule is CC(Nc1cc(C(F)(F)F)ccc1Br)c1ccc(Br)cc1. The van der Waals surface area contributed by atoms with Crippen molar-refractivity contribution < 1.29 is 13.2 Å². The van der Waals surface area contributed by atoms with Crippen LogP contribution in [0.1, 0.15) is 24.1 Å². The van der Waals surface area contributed by atoms with Gasteiger partial charge in [0.15, 0.2) is 0 Å². The van der Waals surface area contributed by atoms with E-state index in [0.29, 0.717) is 10.2 Å². The molecule has 0 radical (unpaired) electrons. The van der Waals surface area contributed by atoms with E-state index in [0.717, 1.165) is 22.2 Å². The fourth-order valence-corrected chi connectivity index (χ4v) is 2.51. The number of nitrogens with one attached hydrogen (secondary N) is 1. The molecule has 1 unspecified atom stereocenters. The zero-order valence-electron chi connectivity index (χ0n) is 11.0. The molecule has 2 rings (SSSR count). The summed E-state index contributed by atoms with van der Waals surface area (Å²) < 4.78 is 39.8. The fourth-order valence-electron chi connectivity index (χ4n) is 1.88. The summed E-state index contributed by atoms with van der Waals surface area (Å²) in [5.74, 6) is 0. The molecule has 0 aliphatic rings. The number of benzene rings is 2. The predicted molar refractivity (Wildman–Crippen MR) is 85.3 cm³/mol. The zero-order chi connectivity index (χ0) is 15.6. The van der Waals surface area contributed by atoms with Crippen LogP contribution in [0.4, 0.5) is 18.9 Å². The van der Waals surface area contributed by atoms with Crippen LogP contribution in [-0.4, -0.2) is 0 Å². The van der Waals surface area contributed by atoms with Gasteiger partial charge >= 0.3 is 6.18 Å². The molecule has 6 heteroatoms. The second-order valence-electron chi connectivity index (χ2n) is 4.61. The van der Waals surface area contributed by atoms with Crippen LogP contribution >= 0.6 is 31.9 Å². The molecule has 0 bridgehead atoms. The lowest BCUT2D eigenvalue weighted by Gasteiger charge is -2.18. The van der Waals surface area contributed by atoms with Crippen LogP contribution in [0.3, 0.4) is 0 Å². The summed E-state index contributed by atoms with van der Waals surface area (Å²) in [5, 5.41) is 3.10. The molecule has 1 atom stereocenters. The lowest BCUT2D eigenvalue weighted by molar-refractivity contribution is -0.137. The molecule has 1 N–H and O–H groups in total. The summed E-state index contributed by atoms with van der Waals surface area (Å²) >= 11 is 6.62. The van der Waals surface area contributed by atoms with Crippen LogP contribution in [0, 0.1) is 0 Å². The number of hydrogen-bond acceptors (Lipinski definition) is 1. The summed E-state index contributed by atoms with van der Waals surface area (Å²) in [5.41, 5.74) is 0.735. The molecule has 0 aliphatic carbocycles. The second kappa shape index (κ2) is 6.40. The molecule has 0 heterocycles. The van der Waals surface area contributed by atoms with Crippen molar-refractivity contribution in [2.75, 3.05) is 5.32 Å². The summed E-state index contributed by atoms with van der Waals surface area (Å²) in [4.78, 5) is 0. The Morgan fingerprint density at radius 3 is 2.19 bits per heavy atom. The highest BCUT2D eigenvalue weighted by Gasteiger charge is 2.31. The van der Waals surface area contributed by atoms with E-state index < -0.39 is 11.7 Å². The van der Waals surface area contributed by atoms with Gasteiger partial charge in [0.05, 0.1) is 5.56 Å². The van der Waals surface area contributed by atoms with Crippen molar-refractivity contribution in [2.24, 2.45) is 0 Å². The summed E-state index contributed by atoms with van der Waals surface area (Å²) in [6, 6.07) is 11.1. The number of anilines is 1. The molecule has 0 aromatic heterocycles. The van der Waals surface area contributed by atoms with E-state index in [1.807, 2.05) is 31.2 Å². The quantitative estimate of drug-likeness (QED) is 0.603. The average Bonchev–Trinajstić information content (AvgIpc) is 2.40. The van der Waals surface area contributed by atoms with Gasteiger partial charge in [-0.1, -0.05) is 28.1 Å². The molecule has 0 aliphatic heterocycles. The van der Waals surface area contributed by atoms with E-state index >= 15 is 0 Å². The molecule has 2 aromatic carbocycles. The first-order valence-electron chi connectivity index (χ1n) is 6.16. The first-order chi connectivity index (χ1) is 9.77. The van der Waals surface area contributed by atoms with Crippen LogP contribution in [0.15, 0.2) is 51.4 Å². The van der Waals surface area contributed by atoms with Gasteiger partial charge < -0.3 is 5.32 Å². The van der Waals surface area contributed by atoms with Crippen molar-refractivity contribution in [1.29, 1.82) is 0 Å². The Kier molecular flexibility index (Phi) is 4.99. The van der Waals surface area contributed by atoms with E-state index in [1.54, 1.807) is 0 Å². The van der Waals surface area contributed by atoms with Crippen LogP contribution in [0.5, 0.6) is 0 Å². The van der Waals surface area contributed by atoms with E-state index in [1.165, 1.54) is 6.07 Å². The first kappa shape index (κ1) is 16.4. The number of alkyl halides is 3. The van der Waals surface area contributed by atoms with Gasteiger partial charge in [0.25, 0.3) is 0 Å². The van der Waals surface area contributed by atoms with Gasteiger partial charge in [-0.3, -0.25) is 0 Å². The van der Waals surface area contributed by atoms with Crippen molar-refractivity contribution in [3.63, 3.8) is 0 Å². The van der Waals surface area contributed by atoms with Crippen molar-refractivity contribution in [3.05, 3.63) is 62.5 Å². The third-order valence-corrected chi connectivity index (χ3v) is 4.26. The van der Waals surface area contributed by atoms with Gasteiger partial charge in [-0.25, -0.2) is 0 Å². The number of hydrogen-bond donors (Lipinski definition) is 1. The minimum atomic E-state index is -4.35. The van der Waals surface area contributed by atoms with Gasteiger partial charge in [0, 0.05) is 20.7 Å². The molecular formula is C15H12Br2F3N. The third-order valence-electron chi connectivity index (χ3n) is 3.04. The van der Waals surface area contributed by atoms with Gasteiger partial charge in [-0.2, -0.15) is 13.2 Å². The van der Waals surface area contributed by atoms with Gasteiger partial charge in [-0.05, 0) is 58.7 Å². The molecule has 0 saturated heterocycles. The number of rotatable bonds is 3. The third kappa shape index (κ3) is 4.23. The van der Waals surface area contributed by atoms with Crippen molar-refractivity contribution >= 4 is 37.5 Å². The minimum absolute atomic E-state index is 0.113. The van der Waals surface area contributed by atoms with Crippen molar-refractivity contribution in [2.45, 2.75) is 19.1 Å². The van der Waals surface area contributed by atoms with Gasteiger partial charge in [0.1, 0.15) is 0 Å². The van der Waals surface area contributed by atoms with Crippen LogP contribution in [0.2, 0.25) is 0 Å². The number of halogens is 5. The largest absolute Gasteiger partial charge is 0.416 e. The maximum absolute atomic E-state index is 12.8. The lowest BCUT2D eigenvalue weighted by atomic mass is 10.1. The molecule has 0 amide bonds. The van der Waals surface area contributed by atoms with E-state index in [4.69, 9.17) is 0 Å².